The maximum absolute atomic E-state index is 4.76. The van der Waals surface area contributed by atoms with Gasteiger partial charge in [-0.05, 0) is 34.1 Å². The van der Waals surface area contributed by atoms with E-state index in [1.165, 1.54) is 22.3 Å². The number of benzene rings is 3. The van der Waals surface area contributed by atoms with E-state index in [0.29, 0.717) is 0 Å². The van der Waals surface area contributed by atoms with Gasteiger partial charge in [0, 0.05) is 43.5 Å². The summed E-state index contributed by atoms with van der Waals surface area (Å²) in [6, 6.07) is 37.3. The minimum Gasteiger partial charge on any atom is -0.305 e. The average Bonchev–Trinajstić information content (AvgIpc) is 3.16. The number of aromatic nitrogens is 2. The first-order chi connectivity index (χ1) is 17.8. The quantitative estimate of drug-likeness (QED) is 0.142. The second-order valence-corrected chi connectivity index (χ2v) is 16.0. The molecule has 6 rings (SSSR count). The summed E-state index contributed by atoms with van der Waals surface area (Å²) in [4.78, 5) is 8.97. The summed E-state index contributed by atoms with van der Waals surface area (Å²) < 4.78 is 0. The van der Waals surface area contributed by atoms with Crippen molar-refractivity contribution in [3.05, 3.63) is 127 Å². The van der Waals surface area contributed by atoms with Crippen molar-refractivity contribution in [1.82, 2.24) is 9.97 Å². The minimum atomic E-state index is -1.42. The van der Waals surface area contributed by atoms with E-state index in [4.69, 9.17) is 4.98 Å². The summed E-state index contributed by atoms with van der Waals surface area (Å²) >= 11 is 0. The van der Waals surface area contributed by atoms with Crippen LogP contribution in [-0.2, 0) is 25.5 Å². The van der Waals surface area contributed by atoms with Crippen LogP contribution in [0.2, 0.25) is 19.6 Å². The molecule has 0 spiro atoms. The molecule has 1 aliphatic rings. The number of hydrogen-bond acceptors (Lipinski definition) is 2. The third-order valence-electron chi connectivity index (χ3n) is 7.00. The summed E-state index contributed by atoms with van der Waals surface area (Å²) in [6.45, 7) is 12.0. The van der Waals surface area contributed by atoms with E-state index in [1.807, 2.05) is 60.7 Å². The summed E-state index contributed by atoms with van der Waals surface area (Å²) in [5.41, 5.74) is 9.65. The first-order valence-corrected chi connectivity index (χ1v) is 16.3. The molecule has 0 atom stereocenters. The van der Waals surface area contributed by atoms with Crippen molar-refractivity contribution in [2.75, 3.05) is 0 Å². The summed E-state index contributed by atoms with van der Waals surface area (Å²) in [7, 11) is -1.42. The van der Waals surface area contributed by atoms with Gasteiger partial charge in [-0.2, -0.15) is 0 Å². The number of hydrogen-bond donors (Lipinski definition) is 0. The van der Waals surface area contributed by atoms with Crippen LogP contribution in [0.3, 0.4) is 0 Å². The molecule has 0 fully saturated rings. The number of rotatable bonds is 3. The van der Waals surface area contributed by atoms with Crippen molar-refractivity contribution in [2.45, 2.75) is 38.9 Å². The third-order valence-corrected chi connectivity index (χ3v) is 9.03. The molecule has 5 aromatic rings. The standard InChI is InChI=1S/C23H24NSi.C11H8N.Ir/c1-23(2)19-14-20(16-10-7-6-8-11-16)24-15-18(19)17-12-9-13-21(22(17)23)25(3,4)5;1-2-6-10(7-3-1)11-8-4-5-9-12-11;/h6-10,12-15H,1-5H3;1-6,8-9H;/q2*-1;. The minimum absolute atomic E-state index is 0. The largest absolute Gasteiger partial charge is 0.305 e. The van der Waals surface area contributed by atoms with E-state index in [2.05, 4.69) is 87.1 Å². The van der Waals surface area contributed by atoms with Crippen molar-refractivity contribution < 1.29 is 20.1 Å². The Labute approximate surface area is 241 Å². The molecule has 0 N–H and O–H groups in total. The zero-order chi connectivity index (χ0) is 26.0. The van der Waals surface area contributed by atoms with Crippen molar-refractivity contribution in [1.29, 1.82) is 0 Å². The first-order valence-electron chi connectivity index (χ1n) is 12.8. The van der Waals surface area contributed by atoms with Gasteiger partial charge in [-0.1, -0.05) is 75.1 Å². The summed E-state index contributed by atoms with van der Waals surface area (Å²) in [5, 5.41) is 1.57. The molecule has 193 valence electrons. The summed E-state index contributed by atoms with van der Waals surface area (Å²) in [6.07, 6.45) is 3.85. The van der Waals surface area contributed by atoms with Crippen molar-refractivity contribution >= 4 is 13.3 Å². The molecule has 2 nitrogen and oxygen atoms in total. The molecule has 4 heteroatoms. The van der Waals surface area contributed by atoms with Crippen LogP contribution in [0.4, 0.5) is 0 Å². The van der Waals surface area contributed by atoms with Gasteiger partial charge in [0.05, 0.1) is 8.07 Å². The van der Waals surface area contributed by atoms with Crippen LogP contribution in [0.15, 0.2) is 103 Å². The number of nitrogens with zero attached hydrogens (tertiary/aromatic N) is 2. The molecule has 0 bridgehead atoms. The van der Waals surface area contributed by atoms with Gasteiger partial charge < -0.3 is 9.97 Å². The molecule has 0 saturated heterocycles. The molecular formula is C34H32IrN2Si-2. The van der Waals surface area contributed by atoms with Crippen LogP contribution in [-0.4, -0.2) is 18.0 Å². The summed E-state index contributed by atoms with van der Waals surface area (Å²) in [5.74, 6) is 0. The Morgan fingerprint density at radius 1 is 0.684 bits per heavy atom. The number of fused-ring (bicyclic) bond motifs is 3. The second kappa shape index (κ2) is 11.3. The average molecular weight is 689 g/mol. The van der Waals surface area contributed by atoms with E-state index >= 15 is 0 Å². The predicted octanol–water partition coefficient (Wildman–Crippen LogP) is 7.95. The Balaban J connectivity index is 0.000000218. The Kier molecular flexibility index (Phi) is 8.27. The number of pyridine rings is 2. The monoisotopic (exact) mass is 689 g/mol. The zero-order valence-corrected chi connectivity index (χ0v) is 25.9. The SMILES string of the molecule is CC1(C)c2cc(-c3[c-]cccc3)ncc2-c2cccc([Si](C)(C)C)c21.[Ir].[c-]1ccccc1-c1ccccn1. The van der Waals surface area contributed by atoms with Gasteiger partial charge >= 0.3 is 0 Å². The van der Waals surface area contributed by atoms with Gasteiger partial charge in [-0.3, -0.25) is 0 Å². The van der Waals surface area contributed by atoms with Crippen LogP contribution in [0.25, 0.3) is 33.6 Å². The molecule has 0 unspecified atom stereocenters. The van der Waals surface area contributed by atoms with Crippen LogP contribution in [0.1, 0.15) is 25.0 Å². The Morgan fingerprint density at radius 3 is 1.92 bits per heavy atom. The molecule has 38 heavy (non-hydrogen) atoms. The molecule has 2 heterocycles. The molecular weight excluding hydrogens is 657 g/mol. The topological polar surface area (TPSA) is 25.8 Å². The van der Waals surface area contributed by atoms with Crippen molar-refractivity contribution in [2.24, 2.45) is 0 Å². The fraction of sp³-hybridized carbons (Fsp3) is 0.176. The molecule has 3 aromatic carbocycles. The zero-order valence-electron chi connectivity index (χ0n) is 22.5. The fourth-order valence-corrected chi connectivity index (χ4v) is 6.96. The van der Waals surface area contributed by atoms with Crippen LogP contribution >= 0.6 is 0 Å². The van der Waals surface area contributed by atoms with E-state index in [0.717, 1.165) is 22.5 Å². The van der Waals surface area contributed by atoms with Gasteiger partial charge in [0.2, 0.25) is 0 Å². The molecule has 1 radical (unpaired) electrons. The normalized spacial score (nSPS) is 12.9. The third kappa shape index (κ3) is 5.49. The maximum Gasteiger partial charge on any atom is 0.0780 e. The van der Waals surface area contributed by atoms with Gasteiger partial charge in [-0.25, -0.2) is 0 Å². The Hall–Kier alpha value is -3.17. The van der Waals surface area contributed by atoms with E-state index < -0.39 is 8.07 Å². The maximum atomic E-state index is 4.76. The van der Waals surface area contributed by atoms with Gasteiger partial charge in [0.15, 0.2) is 0 Å². The van der Waals surface area contributed by atoms with Crippen molar-refractivity contribution in [3.63, 3.8) is 0 Å². The van der Waals surface area contributed by atoms with Crippen LogP contribution < -0.4 is 5.19 Å². The molecule has 0 amide bonds. The first kappa shape index (κ1) is 27.9. The molecule has 2 aromatic heterocycles. The molecule has 1 aliphatic carbocycles. The van der Waals surface area contributed by atoms with Gasteiger partial charge in [0.1, 0.15) is 0 Å². The fourth-order valence-electron chi connectivity index (χ4n) is 5.17. The van der Waals surface area contributed by atoms with Gasteiger partial charge in [0.25, 0.3) is 0 Å². The Bertz CT molecular complexity index is 1470. The van der Waals surface area contributed by atoms with Gasteiger partial charge in [-0.15, -0.1) is 71.8 Å². The van der Waals surface area contributed by atoms with Crippen LogP contribution in [0, 0.1) is 12.1 Å². The van der Waals surface area contributed by atoms with E-state index in [1.54, 1.807) is 11.4 Å². The Morgan fingerprint density at radius 2 is 1.34 bits per heavy atom. The molecule has 0 aliphatic heterocycles. The van der Waals surface area contributed by atoms with Crippen LogP contribution in [0.5, 0.6) is 0 Å². The predicted molar refractivity (Wildman–Crippen MR) is 158 cm³/mol. The second-order valence-electron chi connectivity index (χ2n) is 11.0. The van der Waals surface area contributed by atoms with E-state index in [9.17, 15) is 0 Å². The smallest absolute Gasteiger partial charge is 0.0780 e. The van der Waals surface area contributed by atoms with Crippen molar-refractivity contribution in [3.8, 4) is 33.6 Å². The van der Waals surface area contributed by atoms with E-state index in [-0.39, 0.29) is 25.5 Å². The molecule has 0 saturated carbocycles.